The molecule has 0 aromatic carbocycles. The molecule has 0 saturated heterocycles. The number of rotatable bonds is 4. The van der Waals surface area contributed by atoms with E-state index in [-0.39, 0.29) is 134 Å². The normalized spacial score (nSPS) is 16.2. The number of aromatic nitrogens is 5. The predicted octanol–water partition coefficient (Wildman–Crippen LogP) is 3.82. The second-order valence-corrected chi connectivity index (χ2v) is 12.1. The molecule has 2 aliphatic rings. The van der Waals surface area contributed by atoms with Crippen molar-refractivity contribution >= 4 is 23.9 Å². The first-order chi connectivity index (χ1) is 23.9. The van der Waals surface area contributed by atoms with Gasteiger partial charge >= 0.3 is 73.3 Å². The van der Waals surface area contributed by atoms with Crippen LogP contribution in [0.2, 0.25) is 0 Å². The minimum Gasteiger partial charge on any atom is -0.478 e. The first kappa shape index (κ1) is 35.9. The molecule has 15 nitrogen and oxygen atoms in total. The van der Waals surface area contributed by atoms with E-state index in [0.29, 0.717) is 34.2 Å². The quantitative estimate of drug-likeness (QED) is 0.202. The van der Waals surface area contributed by atoms with Crippen molar-refractivity contribution in [3.63, 3.8) is 0 Å². The van der Waals surface area contributed by atoms with Crippen molar-refractivity contribution < 1.29 is 89.0 Å². The Morgan fingerprint density at radius 2 is 0.667 bits per heavy atom. The molecule has 0 radical (unpaired) electrons. The van der Waals surface area contributed by atoms with E-state index in [4.69, 9.17) is 24.9 Å². The maximum Gasteiger partial charge on any atom is 3.00 e. The van der Waals surface area contributed by atoms with Gasteiger partial charge in [0.2, 0.25) is 0 Å². The molecule has 0 unspecified atom stereocenters. The van der Waals surface area contributed by atoms with Crippen LogP contribution in [0.5, 0.6) is 0 Å². The second-order valence-electron chi connectivity index (χ2n) is 12.1. The van der Waals surface area contributed by atoms with E-state index in [1.165, 1.54) is 48.5 Å². The zero-order valence-electron chi connectivity index (χ0n) is 26.5. The molecule has 5 aromatic rings. The van der Waals surface area contributed by atoms with Crippen LogP contribution in [0, 0.1) is 49.4 Å². The third-order valence-corrected chi connectivity index (χ3v) is 8.20. The summed E-state index contributed by atoms with van der Waals surface area (Å²) in [4.78, 5) is 76.6. The van der Waals surface area contributed by atoms with Gasteiger partial charge in [0.15, 0.2) is 0 Å². The number of fused-ring (bicyclic) bond motifs is 12. The first-order valence-electron chi connectivity index (χ1n) is 15.3. The van der Waals surface area contributed by atoms with Crippen LogP contribution >= 0.6 is 0 Å². The number of pyridine rings is 5. The van der Waals surface area contributed by atoms with Crippen molar-refractivity contribution in [1.29, 1.82) is 0 Å². The summed E-state index contributed by atoms with van der Waals surface area (Å²) in [5.74, 6) is -4.86. The summed E-state index contributed by atoms with van der Waals surface area (Å²) in [5, 5.41) is 40.1. The predicted molar refractivity (Wildman–Crippen MR) is 173 cm³/mol. The van der Waals surface area contributed by atoms with E-state index in [9.17, 15) is 39.6 Å². The number of hydrogen-bond acceptors (Lipinski definition) is 11. The van der Waals surface area contributed by atoms with Crippen LogP contribution < -0.4 is 0 Å². The fourth-order valence-electron chi connectivity index (χ4n) is 6.11. The van der Waals surface area contributed by atoms with Crippen molar-refractivity contribution in [2.24, 2.45) is 0 Å². The Morgan fingerprint density at radius 3 is 0.922 bits per heavy atom. The summed E-state index contributed by atoms with van der Waals surface area (Å²) in [6, 6.07) is 16.5. The molecule has 0 fully saturated rings. The van der Waals surface area contributed by atoms with Crippen molar-refractivity contribution in [3.8, 4) is 22.8 Å². The molecule has 0 amide bonds. The Labute approximate surface area is 330 Å². The van der Waals surface area contributed by atoms with Crippen LogP contribution in [0.15, 0.2) is 66.7 Å². The Kier molecular flexibility index (Phi) is 10.4. The molecule has 2 aliphatic heterocycles. The largest absolute Gasteiger partial charge is 3.00 e. The molecular formula is C35H27EuN7O8+3. The van der Waals surface area contributed by atoms with Crippen LogP contribution in [-0.2, 0) is 39.3 Å². The van der Waals surface area contributed by atoms with Crippen molar-refractivity contribution in [2.75, 3.05) is 0 Å². The van der Waals surface area contributed by atoms with E-state index in [0.717, 1.165) is 0 Å². The molecule has 4 N–H and O–H groups in total. The smallest absolute Gasteiger partial charge is 0.478 e. The summed E-state index contributed by atoms with van der Waals surface area (Å²) in [7, 11) is 0. The summed E-state index contributed by atoms with van der Waals surface area (Å²) >= 11 is 0. The maximum atomic E-state index is 12.3. The van der Waals surface area contributed by atoms with Crippen LogP contribution in [0.25, 0.3) is 22.8 Å². The fraction of sp³-hybridized carbons (Fsp3) is 0.171. The molecule has 7 heterocycles. The Balaban J connectivity index is 0.00000448. The average Bonchev–Trinajstić information content (AvgIpc) is 3.07. The van der Waals surface area contributed by atoms with Crippen molar-refractivity contribution in [1.82, 2.24) is 34.7 Å². The van der Waals surface area contributed by atoms with E-state index in [2.05, 4.69) is 0 Å². The van der Waals surface area contributed by atoms with E-state index in [1.54, 1.807) is 0 Å². The third kappa shape index (κ3) is 8.21. The minimum atomic E-state index is -1.22. The third-order valence-electron chi connectivity index (χ3n) is 8.20. The van der Waals surface area contributed by atoms with Gasteiger partial charge in [-0.3, -0.25) is 14.8 Å². The molecule has 0 saturated carbocycles. The number of nitrogens with zero attached hydrogens (tertiary/aromatic N) is 7. The SMILES string of the molecule is O=C(O)c1cc2nc(c1)-c1cc(C(=O)O)cc(n1)CN1Cc3cccc(n3)CN(C2)Cc2cc(C(=O)O)cc(n2)-c2cc(C(=O)O)cc(n2)C1.[Eu+3]. The van der Waals surface area contributed by atoms with Gasteiger partial charge in [0, 0.05) is 39.3 Å². The van der Waals surface area contributed by atoms with Crippen molar-refractivity contribution in [2.45, 2.75) is 39.3 Å². The molecule has 5 aromatic heterocycles. The van der Waals surface area contributed by atoms with Gasteiger partial charge in [0.05, 0.1) is 79.2 Å². The zero-order valence-corrected chi connectivity index (χ0v) is 28.9. The summed E-state index contributed by atoms with van der Waals surface area (Å²) in [5.41, 5.74) is 2.91. The van der Waals surface area contributed by atoms with Crippen LogP contribution in [0.4, 0.5) is 0 Å². The fourth-order valence-corrected chi connectivity index (χ4v) is 6.11. The van der Waals surface area contributed by atoms with Crippen LogP contribution in [0.3, 0.4) is 0 Å². The van der Waals surface area contributed by atoms with E-state index < -0.39 is 23.9 Å². The minimum absolute atomic E-state index is 0. The second kappa shape index (κ2) is 14.8. The molecule has 254 valence electrons. The summed E-state index contributed by atoms with van der Waals surface area (Å²) in [6.45, 7) is 0.707. The summed E-state index contributed by atoms with van der Waals surface area (Å²) in [6.07, 6.45) is 0. The number of carbonyl (C=O) groups is 4. The number of carboxylic acids is 4. The van der Waals surface area contributed by atoms with Gasteiger partial charge in [-0.05, 0) is 60.7 Å². The molecule has 16 heteroatoms. The van der Waals surface area contributed by atoms with Crippen LogP contribution in [-0.4, -0.2) is 79.0 Å². The van der Waals surface area contributed by atoms with Gasteiger partial charge in [-0.2, -0.15) is 0 Å². The molecule has 0 atom stereocenters. The maximum absolute atomic E-state index is 12.3. The zero-order chi connectivity index (χ0) is 35.1. The van der Waals surface area contributed by atoms with E-state index >= 15 is 0 Å². The van der Waals surface area contributed by atoms with Gasteiger partial charge in [0.1, 0.15) is 0 Å². The summed E-state index contributed by atoms with van der Waals surface area (Å²) < 4.78 is 0. The van der Waals surface area contributed by atoms with Gasteiger partial charge in [-0.25, -0.2) is 39.1 Å². The van der Waals surface area contributed by atoms with Gasteiger partial charge < -0.3 is 20.4 Å². The topological polar surface area (TPSA) is 220 Å². The Hall–Kier alpha value is -4.87. The Bertz CT molecular complexity index is 1970. The van der Waals surface area contributed by atoms with Gasteiger partial charge in [0.25, 0.3) is 0 Å². The molecule has 0 aliphatic carbocycles. The van der Waals surface area contributed by atoms with Gasteiger partial charge in [-0.15, -0.1) is 0 Å². The molecule has 51 heavy (non-hydrogen) atoms. The number of carboxylic acid groups (broad SMARTS) is 4. The van der Waals surface area contributed by atoms with Crippen LogP contribution in [0.1, 0.15) is 75.6 Å². The van der Waals surface area contributed by atoms with E-state index in [1.807, 2.05) is 28.0 Å². The van der Waals surface area contributed by atoms with Crippen molar-refractivity contribution in [3.05, 3.63) is 123 Å². The molecule has 7 rings (SSSR count). The molecule has 12 bridgehead atoms. The number of hydrogen-bond donors (Lipinski definition) is 4. The first-order valence-corrected chi connectivity index (χ1v) is 15.3. The monoisotopic (exact) mass is 826 g/mol. The van der Waals surface area contributed by atoms with Gasteiger partial charge in [-0.1, -0.05) is 6.07 Å². The molecular weight excluding hydrogens is 798 g/mol. The Morgan fingerprint density at radius 1 is 0.412 bits per heavy atom. The standard InChI is InChI=1S/C35H27N7O8.Eu/c43-32(44)18-4-24-14-41-12-22-2-1-3-23(36-22)13-42(16-26-6-20(34(47)48)10-30(39-26)28(8-18)37-24)17-27-7-21(35(49)50)11-31(40-27)29-9-19(33(45)46)5-25(15-41)38-29;/h1-11H,12-17H2,(H,43,44)(H,45,46)(H,47,48)(H,49,50);/q;+3. The molecule has 0 spiro atoms. The average molecular weight is 826 g/mol. The number of aromatic carboxylic acids is 4.